The van der Waals surface area contributed by atoms with Crippen molar-refractivity contribution in [2.45, 2.75) is 32.7 Å². The molecule has 4 nitrogen and oxygen atoms in total. The van der Waals surface area contributed by atoms with E-state index in [1.54, 1.807) is 0 Å². The molecule has 0 spiro atoms. The number of halogens is 1. The first kappa shape index (κ1) is 15.9. The minimum Gasteiger partial charge on any atom is -0.480 e. The third kappa shape index (κ3) is 6.04. The maximum atomic E-state index is 11.8. The van der Waals surface area contributed by atoms with E-state index in [0.29, 0.717) is 6.42 Å². The number of carboxylic acids is 1. The lowest BCUT2D eigenvalue weighted by Crippen LogP contribution is -2.42. The van der Waals surface area contributed by atoms with E-state index < -0.39 is 12.0 Å². The van der Waals surface area contributed by atoms with Crippen molar-refractivity contribution in [3.63, 3.8) is 0 Å². The Kier molecular flexibility index (Phi) is 6.27. The normalized spacial score (nSPS) is 12.2. The van der Waals surface area contributed by atoms with Gasteiger partial charge in [-0.1, -0.05) is 26.0 Å². The average molecular weight is 375 g/mol. The number of rotatable bonds is 6. The highest BCUT2D eigenvalue weighted by molar-refractivity contribution is 14.1. The van der Waals surface area contributed by atoms with E-state index in [1.807, 2.05) is 38.1 Å². The molecule has 0 fully saturated rings. The summed E-state index contributed by atoms with van der Waals surface area (Å²) in [5, 5.41) is 11.6. The van der Waals surface area contributed by atoms with Gasteiger partial charge in [-0.15, -0.1) is 0 Å². The predicted molar refractivity (Wildman–Crippen MR) is 81.9 cm³/mol. The van der Waals surface area contributed by atoms with Crippen molar-refractivity contribution in [3.8, 4) is 0 Å². The molecule has 0 saturated carbocycles. The molecule has 1 amide bonds. The van der Waals surface area contributed by atoms with Gasteiger partial charge >= 0.3 is 5.97 Å². The highest BCUT2D eigenvalue weighted by Crippen LogP contribution is 2.09. The quantitative estimate of drug-likeness (QED) is 0.751. The van der Waals surface area contributed by atoms with E-state index in [2.05, 4.69) is 27.9 Å². The van der Waals surface area contributed by atoms with Crippen LogP contribution in [0.3, 0.4) is 0 Å². The molecule has 1 rings (SSSR count). The number of nitrogens with one attached hydrogen (secondary N) is 1. The van der Waals surface area contributed by atoms with Gasteiger partial charge in [0.15, 0.2) is 0 Å². The van der Waals surface area contributed by atoms with Gasteiger partial charge in [0.2, 0.25) is 5.91 Å². The first-order chi connectivity index (χ1) is 8.88. The van der Waals surface area contributed by atoms with E-state index in [1.165, 1.54) is 0 Å². The molecule has 1 atom stereocenters. The van der Waals surface area contributed by atoms with E-state index in [0.717, 1.165) is 9.13 Å². The Labute approximate surface area is 126 Å². The molecule has 0 bridgehead atoms. The minimum atomic E-state index is -0.982. The fourth-order valence-electron chi connectivity index (χ4n) is 1.77. The minimum absolute atomic E-state index is 0.207. The van der Waals surface area contributed by atoms with Crippen LogP contribution in [0.25, 0.3) is 0 Å². The van der Waals surface area contributed by atoms with Gasteiger partial charge in [0.25, 0.3) is 0 Å². The summed E-state index contributed by atoms with van der Waals surface area (Å²) in [6.07, 6.45) is 0.645. The average Bonchev–Trinajstić information content (AvgIpc) is 2.27. The Hall–Kier alpha value is -1.11. The van der Waals surface area contributed by atoms with Gasteiger partial charge in [-0.05, 0) is 52.6 Å². The summed E-state index contributed by atoms with van der Waals surface area (Å²) in [6, 6.07) is 6.79. The lowest BCUT2D eigenvalue weighted by Gasteiger charge is -2.16. The molecule has 5 heteroatoms. The van der Waals surface area contributed by atoms with Gasteiger partial charge in [0.1, 0.15) is 6.04 Å². The standard InChI is InChI=1S/C14H18INO3/c1-9(2)6-12(14(18)19)16-13(17)8-10-4-3-5-11(15)7-10/h3-5,7,9,12H,6,8H2,1-2H3,(H,16,17)(H,18,19)/t12-/m1/s1. The Morgan fingerprint density at radius 2 is 2.05 bits per heavy atom. The zero-order chi connectivity index (χ0) is 14.4. The maximum Gasteiger partial charge on any atom is 0.326 e. The molecule has 0 saturated heterocycles. The van der Waals surface area contributed by atoms with Crippen LogP contribution in [0.2, 0.25) is 0 Å². The Morgan fingerprint density at radius 3 is 2.58 bits per heavy atom. The zero-order valence-electron chi connectivity index (χ0n) is 11.0. The summed E-state index contributed by atoms with van der Waals surface area (Å²) in [5.74, 6) is -1.01. The Balaban J connectivity index is 2.60. The Morgan fingerprint density at radius 1 is 1.37 bits per heavy atom. The van der Waals surface area contributed by atoms with Crippen molar-refractivity contribution >= 4 is 34.5 Å². The second-order valence-corrected chi connectivity index (χ2v) is 6.14. The summed E-state index contributed by atoms with van der Waals surface area (Å²) in [4.78, 5) is 22.9. The lowest BCUT2D eigenvalue weighted by atomic mass is 10.0. The molecule has 0 heterocycles. The summed E-state index contributed by atoms with van der Waals surface area (Å²) in [6.45, 7) is 3.86. The van der Waals surface area contributed by atoms with Crippen LogP contribution in [0.15, 0.2) is 24.3 Å². The van der Waals surface area contributed by atoms with Crippen molar-refractivity contribution in [2.75, 3.05) is 0 Å². The molecule has 0 aromatic heterocycles. The predicted octanol–water partition coefficient (Wildman–Crippen LogP) is 2.45. The maximum absolute atomic E-state index is 11.8. The summed E-state index contributed by atoms with van der Waals surface area (Å²) < 4.78 is 1.06. The van der Waals surface area contributed by atoms with Crippen LogP contribution in [-0.2, 0) is 16.0 Å². The van der Waals surface area contributed by atoms with Crippen LogP contribution in [0, 0.1) is 9.49 Å². The number of hydrogen-bond acceptors (Lipinski definition) is 2. The van der Waals surface area contributed by atoms with Crippen molar-refractivity contribution in [2.24, 2.45) is 5.92 Å². The molecule has 0 unspecified atom stereocenters. The summed E-state index contributed by atoms with van der Waals surface area (Å²) in [5.41, 5.74) is 0.887. The largest absolute Gasteiger partial charge is 0.480 e. The molecule has 0 aliphatic carbocycles. The molecule has 1 aromatic rings. The number of carbonyl (C=O) groups is 2. The summed E-state index contributed by atoms with van der Waals surface area (Å²) >= 11 is 2.18. The van der Waals surface area contributed by atoms with Gasteiger partial charge in [0.05, 0.1) is 6.42 Å². The number of benzene rings is 1. The van der Waals surface area contributed by atoms with Gasteiger partial charge in [-0.2, -0.15) is 0 Å². The zero-order valence-corrected chi connectivity index (χ0v) is 13.2. The van der Waals surface area contributed by atoms with Crippen LogP contribution in [0.5, 0.6) is 0 Å². The molecule has 19 heavy (non-hydrogen) atoms. The van der Waals surface area contributed by atoms with E-state index in [4.69, 9.17) is 5.11 Å². The van der Waals surface area contributed by atoms with Gasteiger partial charge < -0.3 is 10.4 Å². The first-order valence-electron chi connectivity index (χ1n) is 6.15. The Bertz CT molecular complexity index is 460. The molecule has 1 aromatic carbocycles. The smallest absolute Gasteiger partial charge is 0.326 e. The van der Waals surface area contributed by atoms with Crippen molar-refractivity contribution in [3.05, 3.63) is 33.4 Å². The third-order valence-corrected chi connectivity index (χ3v) is 3.27. The highest BCUT2D eigenvalue weighted by Gasteiger charge is 2.20. The number of carbonyl (C=O) groups excluding carboxylic acids is 1. The van der Waals surface area contributed by atoms with Crippen molar-refractivity contribution in [1.82, 2.24) is 5.32 Å². The van der Waals surface area contributed by atoms with Gasteiger partial charge in [0, 0.05) is 3.57 Å². The van der Waals surface area contributed by atoms with Crippen LogP contribution in [0.1, 0.15) is 25.8 Å². The number of amides is 1. The van der Waals surface area contributed by atoms with Gasteiger partial charge in [-0.25, -0.2) is 4.79 Å². The fraction of sp³-hybridized carbons (Fsp3) is 0.429. The van der Waals surface area contributed by atoms with Crippen LogP contribution < -0.4 is 5.32 Å². The molecule has 2 N–H and O–H groups in total. The second kappa shape index (κ2) is 7.47. The highest BCUT2D eigenvalue weighted by atomic mass is 127. The number of hydrogen-bond donors (Lipinski definition) is 2. The van der Waals surface area contributed by atoms with Crippen molar-refractivity contribution in [1.29, 1.82) is 0 Å². The monoisotopic (exact) mass is 375 g/mol. The molecule has 0 radical (unpaired) electrons. The van der Waals surface area contributed by atoms with E-state index in [-0.39, 0.29) is 18.2 Å². The van der Waals surface area contributed by atoms with Gasteiger partial charge in [-0.3, -0.25) is 4.79 Å². The lowest BCUT2D eigenvalue weighted by molar-refractivity contribution is -0.142. The molecule has 104 valence electrons. The molecule has 0 aliphatic rings. The number of carboxylic acid groups (broad SMARTS) is 1. The summed E-state index contributed by atoms with van der Waals surface area (Å²) in [7, 11) is 0. The third-order valence-electron chi connectivity index (χ3n) is 2.59. The van der Waals surface area contributed by atoms with E-state index >= 15 is 0 Å². The number of aliphatic carboxylic acids is 1. The van der Waals surface area contributed by atoms with Crippen LogP contribution in [0.4, 0.5) is 0 Å². The second-order valence-electron chi connectivity index (χ2n) is 4.89. The SMILES string of the molecule is CC(C)C[C@@H](NC(=O)Cc1cccc(I)c1)C(=O)O. The topological polar surface area (TPSA) is 66.4 Å². The molecular weight excluding hydrogens is 357 g/mol. The molecule has 0 aliphatic heterocycles. The van der Waals surface area contributed by atoms with E-state index in [9.17, 15) is 9.59 Å². The van der Waals surface area contributed by atoms with Crippen LogP contribution >= 0.6 is 22.6 Å². The first-order valence-corrected chi connectivity index (χ1v) is 7.23. The van der Waals surface area contributed by atoms with Crippen molar-refractivity contribution < 1.29 is 14.7 Å². The fourth-order valence-corrected chi connectivity index (χ4v) is 2.38. The molecular formula is C14H18INO3. The van der Waals surface area contributed by atoms with Crippen LogP contribution in [-0.4, -0.2) is 23.0 Å².